The van der Waals surface area contributed by atoms with Crippen LogP contribution in [0.15, 0.2) is 23.4 Å². The Morgan fingerprint density at radius 3 is 2.71 bits per heavy atom. The van der Waals surface area contributed by atoms with Crippen molar-refractivity contribution in [3.05, 3.63) is 34.2 Å². The molecule has 0 aliphatic carbocycles. The van der Waals surface area contributed by atoms with Crippen LogP contribution in [-0.2, 0) is 11.2 Å². The normalized spacial score (nSPS) is 16.1. The Labute approximate surface area is 125 Å². The summed E-state index contributed by atoms with van der Waals surface area (Å²) in [6.07, 6.45) is 1.50. The van der Waals surface area contributed by atoms with Crippen molar-refractivity contribution >= 4 is 11.8 Å². The van der Waals surface area contributed by atoms with E-state index in [2.05, 4.69) is 5.18 Å². The van der Waals surface area contributed by atoms with Crippen LogP contribution in [-0.4, -0.2) is 18.2 Å². The molecule has 21 heavy (non-hydrogen) atoms. The van der Waals surface area contributed by atoms with E-state index >= 15 is 0 Å². The second kappa shape index (κ2) is 5.84. The van der Waals surface area contributed by atoms with E-state index in [-0.39, 0.29) is 6.09 Å². The Morgan fingerprint density at radius 1 is 1.38 bits per heavy atom. The molecule has 1 aliphatic heterocycles. The average Bonchev–Trinajstić information content (AvgIpc) is 2.43. The van der Waals surface area contributed by atoms with Crippen molar-refractivity contribution in [2.75, 3.05) is 11.4 Å². The molecule has 1 amide bonds. The Balaban J connectivity index is 2.32. The molecular formula is C16H22N2O3. The average molecular weight is 290 g/mol. The summed E-state index contributed by atoms with van der Waals surface area (Å²) in [5, 5.41) is 3.05. The van der Waals surface area contributed by atoms with E-state index in [0.717, 1.165) is 29.7 Å². The van der Waals surface area contributed by atoms with Gasteiger partial charge in [0.15, 0.2) is 0 Å². The molecule has 0 spiro atoms. The molecule has 2 rings (SSSR count). The number of nitroso groups, excluding NO2 is 1. The summed E-state index contributed by atoms with van der Waals surface area (Å²) in [6.45, 7) is 7.93. The molecule has 0 saturated carbocycles. The van der Waals surface area contributed by atoms with Crippen LogP contribution in [0.2, 0.25) is 0 Å². The van der Waals surface area contributed by atoms with Gasteiger partial charge in [-0.1, -0.05) is 17.3 Å². The summed E-state index contributed by atoms with van der Waals surface area (Å²) in [7, 11) is 0. The van der Waals surface area contributed by atoms with Crippen LogP contribution in [0.4, 0.5) is 10.5 Å². The minimum atomic E-state index is -0.524. The van der Waals surface area contributed by atoms with Crippen LogP contribution in [0.3, 0.4) is 0 Å². The quantitative estimate of drug-likeness (QED) is 0.767. The summed E-state index contributed by atoms with van der Waals surface area (Å²) >= 11 is 0. The summed E-state index contributed by atoms with van der Waals surface area (Å²) in [4.78, 5) is 24.7. The maximum absolute atomic E-state index is 12.3. The monoisotopic (exact) mass is 290 g/mol. The van der Waals surface area contributed by atoms with Gasteiger partial charge in [-0.25, -0.2) is 4.79 Å². The highest BCUT2D eigenvalue weighted by molar-refractivity contribution is 5.89. The number of benzene rings is 1. The third-order valence-corrected chi connectivity index (χ3v) is 3.48. The van der Waals surface area contributed by atoms with Crippen LogP contribution in [0.25, 0.3) is 0 Å². The number of carbonyl (C=O) groups is 1. The number of anilines is 1. The second-order valence-corrected chi connectivity index (χ2v) is 6.41. The SMILES string of the molecule is CC(N=O)c1ccc2c(c1)N(C(=O)OC(C)(C)C)CCC2. The summed E-state index contributed by atoms with van der Waals surface area (Å²) in [5.74, 6) is 0. The third kappa shape index (κ3) is 3.60. The lowest BCUT2D eigenvalue weighted by atomic mass is 9.98. The fourth-order valence-corrected chi connectivity index (χ4v) is 2.42. The first-order valence-electron chi connectivity index (χ1n) is 7.27. The number of amides is 1. The molecule has 0 fully saturated rings. The van der Waals surface area contributed by atoms with E-state index in [1.807, 2.05) is 39.0 Å². The van der Waals surface area contributed by atoms with Crippen molar-refractivity contribution < 1.29 is 9.53 Å². The van der Waals surface area contributed by atoms with Gasteiger partial charge in [-0.05, 0) is 57.7 Å². The molecule has 1 aromatic rings. The van der Waals surface area contributed by atoms with Crippen LogP contribution < -0.4 is 4.90 Å². The molecule has 0 N–H and O–H groups in total. The zero-order valence-electron chi connectivity index (χ0n) is 13.0. The molecule has 0 bridgehead atoms. The maximum Gasteiger partial charge on any atom is 0.414 e. The van der Waals surface area contributed by atoms with Gasteiger partial charge >= 0.3 is 6.09 Å². The van der Waals surface area contributed by atoms with Gasteiger partial charge < -0.3 is 4.74 Å². The second-order valence-electron chi connectivity index (χ2n) is 6.41. The molecule has 1 atom stereocenters. The third-order valence-electron chi connectivity index (χ3n) is 3.48. The lowest BCUT2D eigenvalue weighted by Crippen LogP contribution is -2.39. The van der Waals surface area contributed by atoms with Crippen LogP contribution in [0, 0.1) is 4.91 Å². The number of carbonyl (C=O) groups excluding carboxylic acids is 1. The van der Waals surface area contributed by atoms with E-state index in [9.17, 15) is 9.70 Å². The molecule has 1 aliphatic rings. The van der Waals surface area contributed by atoms with Gasteiger partial charge in [0, 0.05) is 6.54 Å². The highest BCUT2D eigenvalue weighted by atomic mass is 16.6. The van der Waals surface area contributed by atoms with Gasteiger partial charge in [0.1, 0.15) is 11.6 Å². The van der Waals surface area contributed by atoms with E-state index in [1.165, 1.54) is 0 Å². The standard InChI is InChI=1S/C16H22N2O3/c1-11(17-20)13-8-7-12-6-5-9-18(14(12)10-13)15(19)21-16(2,3)4/h7-8,10-11H,5-6,9H2,1-4H3. The number of nitrogens with zero attached hydrogens (tertiary/aromatic N) is 2. The van der Waals surface area contributed by atoms with E-state index < -0.39 is 11.6 Å². The predicted molar refractivity (Wildman–Crippen MR) is 82.6 cm³/mol. The summed E-state index contributed by atoms with van der Waals surface area (Å²) in [5.41, 5.74) is 2.24. The van der Waals surface area contributed by atoms with E-state index in [1.54, 1.807) is 11.8 Å². The number of aryl methyl sites for hydroxylation is 1. The van der Waals surface area contributed by atoms with Crippen molar-refractivity contribution in [2.24, 2.45) is 5.18 Å². The zero-order valence-corrected chi connectivity index (χ0v) is 13.0. The molecule has 1 aromatic carbocycles. The van der Waals surface area contributed by atoms with Crippen molar-refractivity contribution in [3.8, 4) is 0 Å². The Kier molecular flexibility index (Phi) is 4.30. The van der Waals surface area contributed by atoms with E-state index in [4.69, 9.17) is 4.74 Å². The molecule has 1 heterocycles. The molecule has 114 valence electrons. The van der Waals surface area contributed by atoms with E-state index in [0.29, 0.717) is 6.54 Å². The number of hydrogen-bond donors (Lipinski definition) is 0. The number of ether oxygens (including phenoxy) is 1. The minimum absolute atomic E-state index is 0.340. The maximum atomic E-state index is 12.3. The van der Waals surface area contributed by atoms with Crippen LogP contribution >= 0.6 is 0 Å². The van der Waals surface area contributed by atoms with Gasteiger partial charge in [-0.2, -0.15) is 4.91 Å². The lowest BCUT2D eigenvalue weighted by Gasteiger charge is -2.32. The molecule has 5 nitrogen and oxygen atoms in total. The van der Waals surface area contributed by atoms with Crippen molar-refractivity contribution in [3.63, 3.8) is 0 Å². The van der Waals surface area contributed by atoms with Gasteiger partial charge in [-0.15, -0.1) is 0 Å². The van der Waals surface area contributed by atoms with Gasteiger partial charge in [-0.3, -0.25) is 4.90 Å². The predicted octanol–water partition coefficient (Wildman–Crippen LogP) is 4.20. The molecule has 1 unspecified atom stereocenters. The lowest BCUT2D eigenvalue weighted by molar-refractivity contribution is 0.0578. The molecule has 0 saturated heterocycles. The summed E-state index contributed by atoms with van der Waals surface area (Å²) < 4.78 is 5.46. The van der Waals surface area contributed by atoms with Gasteiger partial charge in [0.25, 0.3) is 0 Å². The summed E-state index contributed by atoms with van der Waals surface area (Å²) in [6, 6.07) is 5.34. The number of fused-ring (bicyclic) bond motifs is 1. The number of hydrogen-bond acceptors (Lipinski definition) is 4. The molecule has 5 heteroatoms. The largest absolute Gasteiger partial charge is 0.443 e. The smallest absolute Gasteiger partial charge is 0.414 e. The minimum Gasteiger partial charge on any atom is -0.443 e. The fourth-order valence-electron chi connectivity index (χ4n) is 2.42. The van der Waals surface area contributed by atoms with Crippen molar-refractivity contribution in [1.29, 1.82) is 0 Å². The first-order chi connectivity index (χ1) is 9.81. The fraction of sp³-hybridized carbons (Fsp3) is 0.562. The Hall–Kier alpha value is -1.91. The Bertz CT molecular complexity index is 549. The first kappa shape index (κ1) is 15.5. The van der Waals surface area contributed by atoms with Gasteiger partial charge in [0.2, 0.25) is 0 Å². The van der Waals surface area contributed by atoms with Crippen LogP contribution in [0.5, 0.6) is 0 Å². The Morgan fingerprint density at radius 2 is 2.10 bits per heavy atom. The molecule has 0 radical (unpaired) electrons. The molecular weight excluding hydrogens is 268 g/mol. The van der Waals surface area contributed by atoms with Crippen molar-refractivity contribution in [1.82, 2.24) is 0 Å². The first-order valence-corrected chi connectivity index (χ1v) is 7.27. The highest BCUT2D eigenvalue weighted by Gasteiger charge is 2.27. The number of rotatable bonds is 2. The molecule has 0 aromatic heterocycles. The zero-order chi connectivity index (χ0) is 15.6. The van der Waals surface area contributed by atoms with Crippen molar-refractivity contribution in [2.45, 2.75) is 52.2 Å². The topological polar surface area (TPSA) is 59.0 Å². The van der Waals surface area contributed by atoms with Gasteiger partial charge in [0.05, 0.1) is 5.69 Å². The van der Waals surface area contributed by atoms with Crippen LogP contribution in [0.1, 0.15) is 51.3 Å². The highest BCUT2D eigenvalue weighted by Crippen LogP contribution is 2.32.